The molecule has 0 bridgehead atoms. The van der Waals surface area contributed by atoms with Crippen LogP contribution >= 0.6 is 0 Å². The molecule has 0 fully saturated rings. The first-order valence-corrected chi connectivity index (χ1v) is 12.7. The van der Waals surface area contributed by atoms with Crippen LogP contribution < -0.4 is 4.74 Å². The van der Waals surface area contributed by atoms with E-state index < -0.39 is 11.9 Å². The number of unbranched alkanes of at least 4 members (excludes halogenated alkanes) is 10. The quantitative estimate of drug-likeness (QED) is 0.194. The number of carboxylic acids is 2. The van der Waals surface area contributed by atoms with Crippen molar-refractivity contribution in [1.29, 1.82) is 0 Å². The highest BCUT2D eigenvalue weighted by molar-refractivity contribution is 5.66. The van der Waals surface area contributed by atoms with E-state index in [9.17, 15) is 9.59 Å². The van der Waals surface area contributed by atoms with Crippen LogP contribution in [-0.2, 0) is 22.4 Å². The van der Waals surface area contributed by atoms with Gasteiger partial charge in [-0.25, -0.2) is 0 Å². The highest BCUT2D eigenvalue weighted by Gasteiger charge is 2.07. The zero-order valence-corrected chi connectivity index (χ0v) is 20.1. The Bertz CT molecular complexity index is 641. The molecule has 0 aliphatic heterocycles. The largest absolute Gasteiger partial charge is 0.494 e. The zero-order valence-electron chi connectivity index (χ0n) is 20.1. The van der Waals surface area contributed by atoms with Crippen molar-refractivity contribution in [2.24, 2.45) is 0 Å². The van der Waals surface area contributed by atoms with Crippen molar-refractivity contribution >= 4 is 11.9 Å². The number of carbonyl (C=O) groups is 2. The van der Waals surface area contributed by atoms with E-state index in [0.717, 1.165) is 95.8 Å². The summed E-state index contributed by atoms with van der Waals surface area (Å²) < 4.78 is 5.97. The van der Waals surface area contributed by atoms with Crippen LogP contribution in [0.2, 0.25) is 0 Å². The highest BCUT2D eigenvalue weighted by atomic mass is 16.5. The Kier molecular flexibility index (Phi) is 16.2. The topological polar surface area (TPSA) is 83.8 Å². The highest BCUT2D eigenvalue weighted by Crippen LogP contribution is 2.23. The Balaban J connectivity index is 2.46. The first-order valence-electron chi connectivity index (χ1n) is 12.7. The Morgan fingerprint density at radius 2 is 1.22 bits per heavy atom. The lowest BCUT2D eigenvalue weighted by molar-refractivity contribution is -0.138. The van der Waals surface area contributed by atoms with Gasteiger partial charge in [-0.3, -0.25) is 9.59 Å². The third-order valence-electron chi connectivity index (χ3n) is 5.87. The molecule has 1 aromatic carbocycles. The normalized spacial score (nSPS) is 10.9. The van der Waals surface area contributed by atoms with Gasteiger partial charge in [0.2, 0.25) is 0 Å². The number of carboxylic acid groups (broad SMARTS) is 2. The molecule has 0 aromatic heterocycles. The SMILES string of the molecule is CCCCCOc1ccc(CCCCCCCC(=O)O)c(CCCCCCCC(=O)O)c1. The molecule has 5 nitrogen and oxygen atoms in total. The molecule has 1 aromatic rings. The third-order valence-corrected chi connectivity index (χ3v) is 5.87. The molecule has 1 rings (SSSR count). The maximum absolute atomic E-state index is 10.6. The van der Waals surface area contributed by atoms with Gasteiger partial charge in [-0.15, -0.1) is 0 Å². The minimum Gasteiger partial charge on any atom is -0.494 e. The second-order valence-electron chi connectivity index (χ2n) is 8.81. The molecule has 0 spiro atoms. The Morgan fingerprint density at radius 3 is 1.78 bits per heavy atom. The fourth-order valence-corrected chi connectivity index (χ4v) is 3.95. The van der Waals surface area contributed by atoms with Crippen LogP contribution in [0, 0.1) is 0 Å². The van der Waals surface area contributed by atoms with Crippen LogP contribution in [0.25, 0.3) is 0 Å². The number of hydrogen-bond donors (Lipinski definition) is 2. The summed E-state index contributed by atoms with van der Waals surface area (Å²) in [6.45, 7) is 2.97. The van der Waals surface area contributed by atoms with Crippen molar-refractivity contribution in [3.8, 4) is 5.75 Å². The summed E-state index contributed by atoms with van der Waals surface area (Å²) in [4.78, 5) is 21.2. The lowest BCUT2D eigenvalue weighted by Crippen LogP contribution is -2.01. The lowest BCUT2D eigenvalue weighted by atomic mass is 9.96. The van der Waals surface area contributed by atoms with Gasteiger partial charge in [-0.1, -0.05) is 64.4 Å². The van der Waals surface area contributed by atoms with E-state index in [2.05, 4.69) is 25.1 Å². The van der Waals surface area contributed by atoms with Crippen molar-refractivity contribution < 1.29 is 24.5 Å². The number of benzene rings is 1. The van der Waals surface area contributed by atoms with Gasteiger partial charge < -0.3 is 14.9 Å². The molecule has 0 atom stereocenters. The monoisotopic (exact) mass is 448 g/mol. The van der Waals surface area contributed by atoms with Gasteiger partial charge in [0.05, 0.1) is 6.61 Å². The van der Waals surface area contributed by atoms with Crippen molar-refractivity contribution in [3.63, 3.8) is 0 Å². The van der Waals surface area contributed by atoms with E-state index in [-0.39, 0.29) is 12.8 Å². The summed E-state index contributed by atoms with van der Waals surface area (Å²) in [6.07, 6.45) is 16.4. The summed E-state index contributed by atoms with van der Waals surface area (Å²) >= 11 is 0. The van der Waals surface area contributed by atoms with Crippen LogP contribution in [0.3, 0.4) is 0 Å². The minimum absolute atomic E-state index is 0.276. The van der Waals surface area contributed by atoms with E-state index in [1.54, 1.807) is 0 Å². The van der Waals surface area contributed by atoms with Crippen molar-refractivity contribution in [2.75, 3.05) is 6.61 Å². The zero-order chi connectivity index (χ0) is 23.4. The minimum atomic E-state index is -0.702. The molecule has 0 radical (unpaired) electrons. The van der Waals surface area contributed by atoms with Crippen LogP contribution in [0.1, 0.15) is 114 Å². The fraction of sp³-hybridized carbons (Fsp3) is 0.704. The maximum Gasteiger partial charge on any atom is 0.303 e. The molecule has 0 aliphatic rings. The first kappa shape index (κ1) is 28.0. The summed E-state index contributed by atoms with van der Waals surface area (Å²) in [5.41, 5.74) is 2.79. The predicted octanol–water partition coefficient (Wildman–Crippen LogP) is 7.19. The molecule has 182 valence electrons. The Morgan fingerprint density at radius 1 is 0.688 bits per heavy atom. The van der Waals surface area contributed by atoms with Gasteiger partial charge in [0.1, 0.15) is 5.75 Å². The molecule has 0 saturated heterocycles. The third kappa shape index (κ3) is 14.9. The Hall–Kier alpha value is -2.04. The van der Waals surface area contributed by atoms with Crippen LogP contribution in [0.15, 0.2) is 18.2 Å². The Labute approximate surface area is 194 Å². The predicted molar refractivity (Wildman–Crippen MR) is 130 cm³/mol. The number of aliphatic carboxylic acids is 2. The van der Waals surface area contributed by atoms with Gasteiger partial charge in [-0.2, -0.15) is 0 Å². The summed E-state index contributed by atoms with van der Waals surface area (Å²) in [7, 11) is 0. The smallest absolute Gasteiger partial charge is 0.303 e. The van der Waals surface area contributed by atoms with Gasteiger partial charge in [0.25, 0.3) is 0 Å². The van der Waals surface area contributed by atoms with E-state index in [4.69, 9.17) is 14.9 Å². The molecular formula is C27H44O5. The van der Waals surface area contributed by atoms with Crippen molar-refractivity contribution in [1.82, 2.24) is 0 Å². The second-order valence-corrected chi connectivity index (χ2v) is 8.81. The molecule has 2 N–H and O–H groups in total. The maximum atomic E-state index is 10.6. The van der Waals surface area contributed by atoms with E-state index >= 15 is 0 Å². The molecule has 0 amide bonds. The van der Waals surface area contributed by atoms with Crippen LogP contribution in [0.5, 0.6) is 5.75 Å². The molecule has 0 heterocycles. The standard InChI is InChI=1S/C27H44O5/c1-2-3-14-21-32-25-20-19-23(15-10-6-4-8-12-17-26(28)29)24(22-25)16-11-7-5-9-13-18-27(30)31/h19-20,22H,2-18,21H2,1H3,(H,28,29)(H,30,31). The van der Waals surface area contributed by atoms with E-state index in [0.29, 0.717) is 0 Å². The summed E-state index contributed by atoms with van der Waals surface area (Å²) in [6, 6.07) is 6.55. The summed E-state index contributed by atoms with van der Waals surface area (Å²) in [5, 5.41) is 17.4. The first-order chi connectivity index (χ1) is 15.5. The molecule has 32 heavy (non-hydrogen) atoms. The molecular weight excluding hydrogens is 404 g/mol. The lowest BCUT2D eigenvalue weighted by Gasteiger charge is -2.13. The number of hydrogen-bond acceptors (Lipinski definition) is 3. The molecule has 0 saturated carbocycles. The number of aryl methyl sites for hydroxylation is 2. The number of ether oxygens (including phenoxy) is 1. The fourth-order valence-electron chi connectivity index (χ4n) is 3.95. The van der Waals surface area contributed by atoms with Gasteiger partial charge >= 0.3 is 11.9 Å². The van der Waals surface area contributed by atoms with Gasteiger partial charge in [-0.05, 0) is 68.2 Å². The molecule has 0 aliphatic carbocycles. The van der Waals surface area contributed by atoms with Crippen LogP contribution in [-0.4, -0.2) is 28.8 Å². The van der Waals surface area contributed by atoms with E-state index in [1.165, 1.54) is 24.0 Å². The van der Waals surface area contributed by atoms with Gasteiger partial charge in [0.15, 0.2) is 0 Å². The van der Waals surface area contributed by atoms with Gasteiger partial charge in [0, 0.05) is 12.8 Å². The van der Waals surface area contributed by atoms with E-state index in [1.807, 2.05) is 0 Å². The summed E-state index contributed by atoms with van der Waals surface area (Å²) in [5.74, 6) is -0.434. The van der Waals surface area contributed by atoms with Crippen molar-refractivity contribution in [2.45, 2.75) is 116 Å². The van der Waals surface area contributed by atoms with Crippen LogP contribution in [0.4, 0.5) is 0 Å². The molecule has 5 heteroatoms. The average Bonchev–Trinajstić information content (AvgIpc) is 2.76. The van der Waals surface area contributed by atoms with Crippen molar-refractivity contribution in [3.05, 3.63) is 29.3 Å². The average molecular weight is 449 g/mol. The molecule has 0 unspecified atom stereocenters. The second kappa shape index (κ2) is 18.5. The number of rotatable bonds is 21.